The predicted molar refractivity (Wildman–Crippen MR) is 93.4 cm³/mol. The number of aliphatic imine (C=N–C) groups is 1. The van der Waals surface area contributed by atoms with E-state index in [-0.39, 0.29) is 23.0 Å². The number of hydrogen-bond donors (Lipinski definition) is 1. The number of carbonyl (C=O) groups is 1. The molecule has 0 radical (unpaired) electrons. The van der Waals surface area contributed by atoms with Crippen molar-refractivity contribution in [3.63, 3.8) is 0 Å². The van der Waals surface area contributed by atoms with Crippen molar-refractivity contribution in [2.75, 3.05) is 5.01 Å². The number of nitrogens with zero attached hydrogens (tertiary/aromatic N) is 4. The van der Waals surface area contributed by atoms with Gasteiger partial charge in [-0.1, -0.05) is 18.2 Å². The van der Waals surface area contributed by atoms with Gasteiger partial charge in [0.15, 0.2) is 0 Å². The number of amides is 1. The van der Waals surface area contributed by atoms with Gasteiger partial charge in [0.1, 0.15) is 17.4 Å². The highest BCUT2D eigenvalue weighted by Crippen LogP contribution is 2.31. The Morgan fingerprint density at radius 2 is 2.00 bits per heavy atom. The molecule has 0 fully saturated rings. The molecule has 8 nitrogen and oxygen atoms in total. The van der Waals surface area contributed by atoms with Crippen LogP contribution in [0.1, 0.15) is 6.92 Å². The molecule has 0 unspecified atom stereocenters. The molecule has 2 aromatic carbocycles. The van der Waals surface area contributed by atoms with E-state index >= 15 is 0 Å². The average molecular weight is 338 g/mol. The molecule has 126 valence electrons. The second-order valence-corrected chi connectivity index (χ2v) is 5.41. The lowest BCUT2D eigenvalue weighted by Crippen LogP contribution is -2.27. The number of aromatic hydroxyl groups is 1. The van der Waals surface area contributed by atoms with Crippen molar-refractivity contribution in [2.24, 2.45) is 16.0 Å². The Kier molecular flexibility index (Phi) is 4.25. The molecule has 1 atom stereocenters. The molecule has 1 aliphatic rings. The van der Waals surface area contributed by atoms with Gasteiger partial charge in [0.25, 0.3) is 11.6 Å². The van der Waals surface area contributed by atoms with E-state index < -0.39 is 10.8 Å². The summed E-state index contributed by atoms with van der Waals surface area (Å²) in [7, 11) is 0. The van der Waals surface area contributed by atoms with E-state index in [1.807, 2.05) is 6.07 Å². The standard InChI is InChI=1S/C17H14N4O4/c1-11-14(17(23)20(19-11)12-5-3-2-4-6-12)10-18-15-9-13(21(24)25)7-8-16(15)22/h2-10,14,22H,1H3/t14-/m1/s1. The van der Waals surface area contributed by atoms with E-state index in [0.29, 0.717) is 11.4 Å². The van der Waals surface area contributed by atoms with Gasteiger partial charge in [0, 0.05) is 18.3 Å². The van der Waals surface area contributed by atoms with Gasteiger partial charge in [-0.05, 0) is 25.1 Å². The summed E-state index contributed by atoms with van der Waals surface area (Å²) in [5.41, 5.74) is 1.01. The van der Waals surface area contributed by atoms with Crippen molar-refractivity contribution in [1.29, 1.82) is 0 Å². The molecule has 0 saturated heterocycles. The smallest absolute Gasteiger partial charge is 0.271 e. The van der Waals surface area contributed by atoms with Gasteiger partial charge >= 0.3 is 0 Å². The molecule has 1 amide bonds. The largest absolute Gasteiger partial charge is 0.506 e. The highest BCUT2D eigenvalue weighted by Gasteiger charge is 2.33. The number of nitro groups is 1. The van der Waals surface area contributed by atoms with Gasteiger partial charge in [-0.2, -0.15) is 10.1 Å². The summed E-state index contributed by atoms with van der Waals surface area (Å²) >= 11 is 0. The molecule has 8 heteroatoms. The van der Waals surface area contributed by atoms with Crippen LogP contribution in [0.5, 0.6) is 5.75 Å². The SMILES string of the molecule is CC1=NN(c2ccccc2)C(=O)[C@@H]1C=Nc1cc([N+](=O)[O-])ccc1O. The lowest BCUT2D eigenvalue weighted by atomic mass is 10.1. The maximum absolute atomic E-state index is 12.5. The molecule has 0 aromatic heterocycles. The van der Waals surface area contributed by atoms with Crippen molar-refractivity contribution >= 4 is 34.9 Å². The number of anilines is 1. The minimum Gasteiger partial charge on any atom is -0.506 e. The number of phenols is 1. The first-order valence-corrected chi connectivity index (χ1v) is 7.43. The quantitative estimate of drug-likeness (QED) is 0.525. The fourth-order valence-electron chi connectivity index (χ4n) is 2.39. The van der Waals surface area contributed by atoms with Crippen LogP contribution in [0.3, 0.4) is 0 Å². The summed E-state index contributed by atoms with van der Waals surface area (Å²) in [4.78, 5) is 26.8. The number of phenolic OH excluding ortho intramolecular Hbond substituents is 1. The molecule has 25 heavy (non-hydrogen) atoms. The number of non-ortho nitro benzene ring substituents is 1. The minimum absolute atomic E-state index is 0.0213. The highest BCUT2D eigenvalue weighted by atomic mass is 16.6. The van der Waals surface area contributed by atoms with Gasteiger partial charge in [0.2, 0.25) is 0 Å². The van der Waals surface area contributed by atoms with Crippen molar-refractivity contribution in [3.8, 4) is 5.75 Å². The van der Waals surface area contributed by atoms with Crippen LogP contribution in [0.15, 0.2) is 58.6 Å². The second kappa shape index (κ2) is 6.52. The number of rotatable bonds is 4. The van der Waals surface area contributed by atoms with E-state index in [2.05, 4.69) is 10.1 Å². The fourth-order valence-corrected chi connectivity index (χ4v) is 2.39. The van der Waals surface area contributed by atoms with E-state index in [9.17, 15) is 20.0 Å². The van der Waals surface area contributed by atoms with Crippen LogP contribution in [0, 0.1) is 16.0 Å². The molecule has 1 aliphatic heterocycles. The van der Waals surface area contributed by atoms with Crippen LogP contribution in [0.2, 0.25) is 0 Å². The Balaban J connectivity index is 1.85. The van der Waals surface area contributed by atoms with Crippen molar-refractivity contribution in [1.82, 2.24) is 0 Å². The molecule has 1 N–H and O–H groups in total. The molecule has 0 saturated carbocycles. The van der Waals surface area contributed by atoms with E-state index in [4.69, 9.17) is 0 Å². The molecule has 0 spiro atoms. The molecule has 2 aromatic rings. The third kappa shape index (κ3) is 3.23. The van der Waals surface area contributed by atoms with E-state index in [1.54, 1.807) is 31.2 Å². The maximum Gasteiger partial charge on any atom is 0.271 e. The molecule has 1 heterocycles. The Hall–Kier alpha value is -3.55. The Morgan fingerprint density at radius 3 is 2.68 bits per heavy atom. The molecule has 3 rings (SSSR count). The Labute approximate surface area is 142 Å². The van der Waals surface area contributed by atoms with Gasteiger partial charge < -0.3 is 5.11 Å². The predicted octanol–water partition coefficient (Wildman–Crippen LogP) is 3.04. The summed E-state index contributed by atoms with van der Waals surface area (Å²) in [6.07, 6.45) is 1.34. The van der Waals surface area contributed by atoms with E-state index in [0.717, 1.165) is 6.07 Å². The molecular weight excluding hydrogens is 324 g/mol. The van der Waals surface area contributed by atoms with Crippen molar-refractivity contribution in [3.05, 3.63) is 58.6 Å². The normalized spacial score (nSPS) is 17.2. The van der Waals surface area contributed by atoms with E-state index in [1.165, 1.54) is 23.4 Å². The lowest BCUT2D eigenvalue weighted by molar-refractivity contribution is -0.384. The van der Waals surface area contributed by atoms with Crippen LogP contribution in [0.25, 0.3) is 0 Å². The summed E-state index contributed by atoms with van der Waals surface area (Å²) in [6, 6.07) is 12.5. The number of nitro benzene ring substituents is 1. The summed E-state index contributed by atoms with van der Waals surface area (Å²) in [5, 5.41) is 26.1. The number of para-hydroxylation sites is 1. The first kappa shape index (κ1) is 16.3. The van der Waals surface area contributed by atoms with Crippen LogP contribution >= 0.6 is 0 Å². The van der Waals surface area contributed by atoms with Gasteiger partial charge in [-0.25, -0.2) is 0 Å². The fraction of sp³-hybridized carbons (Fsp3) is 0.118. The first-order valence-electron chi connectivity index (χ1n) is 7.43. The zero-order valence-corrected chi connectivity index (χ0v) is 13.2. The summed E-state index contributed by atoms with van der Waals surface area (Å²) < 4.78 is 0. The Bertz CT molecular complexity index is 893. The zero-order valence-electron chi connectivity index (χ0n) is 13.2. The maximum atomic E-state index is 12.5. The van der Waals surface area contributed by atoms with Gasteiger partial charge in [-0.3, -0.25) is 19.9 Å². The number of benzene rings is 2. The van der Waals surface area contributed by atoms with Crippen LogP contribution in [-0.4, -0.2) is 27.9 Å². The Morgan fingerprint density at radius 1 is 1.28 bits per heavy atom. The van der Waals surface area contributed by atoms with Gasteiger partial charge in [0.05, 0.1) is 16.3 Å². The first-order chi connectivity index (χ1) is 12.0. The van der Waals surface area contributed by atoms with Crippen LogP contribution in [-0.2, 0) is 4.79 Å². The molecule has 0 bridgehead atoms. The minimum atomic E-state index is -0.695. The van der Waals surface area contributed by atoms with Crippen LogP contribution < -0.4 is 5.01 Å². The molecular formula is C17H14N4O4. The number of carbonyl (C=O) groups excluding carboxylic acids is 1. The van der Waals surface area contributed by atoms with Gasteiger partial charge in [-0.15, -0.1) is 0 Å². The monoisotopic (exact) mass is 338 g/mol. The summed E-state index contributed by atoms with van der Waals surface area (Å²) in [5.74, 6) is -1.18. The second-order valence-electron chi connectivity index (χ2n) is 5.41. The third-order valence-electron chi connectivity index (χ3n) is 3.72. The highest BCUT2D eigenvalue weighted by molar-refractivity contribution is 6.23. The molecule has 0 aliphatic carbocycles. The lowest BCUT2D eigenvalue weighted by Gasteiger charge is -2.12. The number of hydrogen-bond acceptors (Lipinski definition) is 6. The van der Waals surface area contributed by atoms with Crippen molar-refractivity contribution < 1.29 is 14.8 Å². The van der Waals surface area contributed by atoms with Crippen molar-refractivity contribution in [2.45, 2.75) is 6.92 Å². The third-order valence-corrected chi connectivity index (χ3v) is 3.72. The summed E-state index contributed by atoms with van der Waals surface area (Å²) in [6.45, 7) is 1.70. The average Bonchev–Trinajstić information content (AvgIpc) is 2.89. The topological polar surface area (TPSA) is 108 Å². The zero-order chi connectivity index (χ0) is 18.0. The van der Waals surface area contributed by atoms with Crippen LogP contribution in [0.4, 0.5) is 17.1 Å². The number of hydrazone groups is 1.